The summed E-state index contributed by atoms with van der Waals surface area (Å²) in [6, 6.07) is 10.5. The van der Waals surface area contributed by atoms with Crippen molar-refractivity contribution in [1.82, 2.24) is 4.31 Å². The van der Waals surface area contributed by atoms with Crippen LogP contribution in [-0.2, 0) is 14.8 Å². The number of anilines is 1. The summed E-state index contributed by atoms with van der Waals surface area (Å²) in [5.74, 6) is 0.132. The maximum absolute atomic E-state index is 12.9. The van der Waals surface area contributed by atoms with E-state index >= 15 is 0 Å². The Labute approximate surface area is 163 Å². The van der Waals surface area contributed by atoms with Crippen molar-refractivity contribution in [3.63, 3.8) is 0 Å². The number of fused-ring (bicyclic) bond motifs is 3. The molecule has 1 unspecified atom stereocenters. The third-order valence-electron chi connectivity index (χ3n) is 5.14. The van der Waals surface area contributed by atoms with E-state index < -0.39 is 16.1 Å². The highest BCUT2D eigenvalue weighted by atomic mass is 32.2. The zero-order chi connectivity index (χ0) is 19.9. The average Bonchev–Trinajstić information content (AvgIpc) is 3.04. The maximum atomic E-state index is 12.9. The Hall–Kier alpha value is -2.58. The van der Waals surface area contributed by atoms with Gasteiger partial charge in [0, 0.05) is 23.4 Å². The van der Waals surface area contributed by atoms with Crippen molar-refractivity contribution < 1.29 is 22.4 Å². The standard InChI is InChI=1S/C20H22N2O5S/c1-26-19-11-14-13-7-3-4-9-17(13)27-18(14)12-15(19)21-20(23)16-8-5-6-10-22(16)28(2,24)25/h3-4,7,9,11-12,16H,5-6,8,10H2,1-2H3,(H,21,23). The summed E-state index contributed by atoms with van der Waals surface area (Å²) in [5.41, 5.74) is 1.83. The minimum Gasteiger partial charge on any atom is -0.495 e. The number of nitrogens with one attached hydrogen (secondary N) is 1. The summed E-state index contributed by atoms with van der Waals surface area (Å²) in [7, 11) is -1.93. The van der Waals surface area contributed by atoms with Crippen molar-refractivity contribution >= 4 is 43.6 Å². The number of ether oxygens (including phenoxy) is 1. The molecule has 0 bridgehead atoms. The van der Waals surface area contributed by atoms with Crippen molar-refractivity contribution in [2.45, 2.75) is 25.3 Å². The van der Waals surface area contributed by atoms with Crippen LogP contribution in [0.3, 0.4) is 0 Å². The van der Waals surface area contributed by atoms with Crippen molar-refractivity contribution in [1.29, 1.82) is 0 Å². The fourth-order valence-electron chi connectivity index (χ4n) is 3.80. The van der Waals surface area contributed by atoms with Crippen molar-refractivity contribution in [2.75, 3.05) is 25.2 Å². The molecule has 2 aromatic carbocycles. The van der Waals surface area contributed by atoms with Gasteiger partial charge in [0.15, 0.2) is 0 Å². The number of hydrogen-bond acceptors (Lipinski definition) is 5. The van der Waals surface area contributed by atoms with Crippen LogP contribution in [-0.4, -0.2) is 44.6 Å². The molecular formula is C20H22N2O5S. The zero-order valence-corrected chi connectivity index (χ0v) is 16.6. The third kappa shape index (κ3) is 3.33. The molecule has 3 aromatic rings. The monoisotopic (exact) mass is 402 g/mol. The second-order valence-corrected chi connectivity index (χ2v) is 8.96. The van der Waals surface area contributed by atoms with Crippen LogP contribution in [0.25, 0.3) is 21.9 Å². The second kappa shape index (κ2) is 7.10. The molecule has 0 radical (unpaired) electrons. The third-order valence-corrected chi connectivity index (χ3v) is 6.43. The number of sulfonamides is 1. The number of benzene rings is 2. The molecule has 1 saturated heterocycles. The SMILES string of the molecule is COc1cc2c(cc1NC(=O)C1CCCCN1S(C)(=O)=O)oc1ccccc12. The highest BCUT2D eigenvalue weighted by Gasteiger charge is 2.34. The largest absolute Gasteiger partial charge is 0.495 e. The van der Waals surface area contributed by atoms with E-state index in [2.05, 4.69) is 5.32 Å². The lowest BCUT2D eigenvalue weighted by Gasteiger charge is -2.32. The molecule has 0 spiro atoms. The van der Waals surface area contributed by atoms with Crippen LogP contribution >= 0.6 is 0 Å². The van der Waals surface area contributed by atoms with Gasteiger partial charge in [-0.1, -0.05) is 24.6 Å². The predicted octanol–water partition coefficient (Wildman–Crippen LogP) is 3.35. The number of hydrogen-bond donors (Lipinski definition) is 1. The van der Waals surface area contributed by atoms with Crippen LogP contribution in [0.5, 0.6) is 5.75 Å². The van der Waals surface area contributed by atoms with Crippen LogP contribution in [0.15, 0.2) is 40.8 Å². The summed E-state index contributed by atoms with van der Waals surface area (Å²) < 4.78 is 36.7. The van der Waals surface area contributed by atoms with Crippen molar-refractivity contribution in [3.05, 3.63) is 36.4 Å². The van der Waals surface area contributed by atoms with E-state index in [9.17, 15) is 13.2 Å². The summed E-state index contributed by atoms with van der Waals surface area (Å²) in [4.78, 5) is 12.9. The number of rotatable bonds is 4. The normalized spacial score (nSPS) is 18.4. The molecule has 1 atom stereocenters. The first-order chi connectivity index (χ1) is 13.4. The van der Waals surface area contributed by atoms with E-state index in [1.165, 1.54) is 11.4 Å². The van der Waals surface area contributed by atoms with E-state index in [-0.39, 0.29) is 5.91 Å². The number of furan rings is 1. The molecule has 7 nitrogen and oxygen atoms in total. The number of piperidine rings is 1. The lowest BCUT2D eigenvalue weighted by molar-refractivity contribution is -0.120. The first kappa shape index (κ1) is 18.8. The number of nitrogens with zero attached hydrogens (tertiary/aromatic N) is 1. The Morgan fingerprint density at radius 1 is 1.18 bits per heavy atom. The smallest absolute Gasteiger partial charge is 0.242 e. The fourth-order valence-corrected chi connectivity index (χ4v) is 4.92. The van der Waals surface area contributed by atoms with Crippen LogP contribution in [0.2, 0.25) is 0 Å². The Morgan fingerprint density at radius 3 is 2.71 bits per heavy atom. The van der Waals surface area contributed by atoms with Gasteiger partial charge in [-0.05, 0) is 25.0 Å². The van der Waals surface area contributed by atoms with Crippen molar-refractivity contribution in [2.24, 2.45) is 0 Å². The van der Waals surface area contributed by atoms with Gasteiger partial charge in [-0.15, -0.1) is 0 Å². The molecular weight excluding hydrogens is 380 g/mol. The first-order valence-electron chi connectivity index (χ1n) is 9.15. The summed E-state index contributed by atoms with van der Waals surface area (Å²) in [6.45, 7) is 0.358. The first-order valence-corrected chi connectivity index (χ1v) is 11.0. The molecule has 1 aliphatic heterocycles. The molecule has 2 heterocycles. The van der Waals surface area contributed by atoms with Gasteiger partial charge in [0.1, 0.15) is 23.0 Å². The molecule has 148 valence electrons. The molecule has 4 rings (SSSR count). The molecule has 28 heavy (non-hydrogen) atoms. The Bertz CT molecular complexity index is 1150. The predicted molar refractivity (Wildman–Crippen MR) is 108 cm³/mol. The van der Waals surface area contributed by atoms with Crippen LogP contribution in [0.1, 0.15) is 19.3 Å². The molecule has 1 aromatic heterocycles. The summed E-state index contributed by atoms with van der Waals surface area (Å²) >= 11 is 0. The van der Waals surface area contributed by atoms with E-state index in [1.807, 2.05) is 30.3 Å². The van der Waals surface area contributed by atoms with Gasteiger partial charge >= 0.3 is 0 Å². The molecule has 1 amide bonds. The minimum absolute atomic E-state index is 0.358. The van der Waals surface area contributed by atoms with Crippen LogP contribution < -0.4 is 10.1 Å². The minimum atomic E-state index is -3.46. The number of amides is 1. The summed E-state index contributed by atoms with van der Waals surface area (Å²) in [5, 5.41) is 4.69. The Balaban J connectivity index is 1.70. The van der Waals surface area contributed by atoms with Gasteiger partial charge in [0.05, 0.1) is 19.1 Å². The Morgan fingerprint density at radius 2 is 1.96 bits per heavy atom. The number of para-hydroxylation sites is 1. The van der Waals surface area contributed by atoms with E-state index in [0.29, 0.717) is 30.0 Å². The summed E-state index contributed by atoms with van der Waals surface area (Å²) in [6.07, 6.45) is 3.20. The highest BCUT2D eigenvalue weighted by Crippen LogP contribution is 2.36. The quantitative estimate of drug-likeness (QED) is 0.723. The lowest BCUT2D eigenvalue weighted by atomic mass is 10.0. The molecule has 0 saturated carbocycles. The second-order valence-electron chi connectivity index (χ2n) is 7.02. The molecule has 0 aliphatic carbocycles. The molecule has 1 fully saturated rings. The van der Waals surface area contributed by atoms with Crippen LogP contribution in [0.4, 0.5) is 5.69 Å². The van der Waals surface area contributed by atoms with E-state index in [1.54, 1.807) is 6.07 Å². The van der Waals surface area contributed by atoms with E-state index in [4.69, 9.17) is 9.15 Å². The van der Waals surface area contributed by atoms with Gasteiger partial charge in [0.25, 0.3) is 0 Å². The van der Waals surface area contributed by atoms with E-state index in [0.717, 1.165) is 35.5 Å². The Kier molecular flexibility index (Phi) is 4.76. The zero-order valence-electron chi connectivity index (χ0n) is 15.8. The maximum Gasteiger partial charge on any atom is 0.242 e. The lowest BCUT2D eigenvalue weighted by Crippen LogP contribution is -2.49. The molecule has 1 N–H and O–H groups in total. The van der Waals surface area contributed by atoms with Gasteiger partial charge < -0.3 is 14.5 Å². The van der Waals surface area contributed by atoms with Crippen molar-refractivity contribution in [3.8, 4) is 5.75 Å². The van der Waals surface area contributed by atoms with Gasteiger partial charge in [-0.25, -0.2) is 8.42 Å². The fraction of sp³-hybridized carbons (Fsp3) is 0.350. The highest BCUT2D eigenvalue weighted by molar-refractivity contribution is 7.88. The average molecular weight is 402 g/mol. The number of carbonyl (C=O) groups excluding carboxylic acids is 1. The number of methoxy groups -OCH3 is 1. The van der Waals surface area contributed by atoms with Crippen LogP contribution in [0, 0.1) is 0 Å². The van der Waals surface area contributed by atoms with Gasteiger partial charge in [-0.2, -0.15) is 4.31 Å². The molecule has 1 aliphatic rings. The van der Waals surface area contributed by atoms with Gasteiger partial charge in [-0.3, -0.25) is 4.79 Å². The topological polar surface area (TPSA) is 88.9 Å². The van der Waals surface area contributed by atoms with Gasteiger partial charge in [0.2, 0.25) is 15.9 Å². The number of carbonyl (C=O) groups is 1. The molecule has 8 heteroatoms.